The average molecular weight is 362 g/mol. The molecule has 2 rings (SSSR count). The molecule has 0 atom stereocenters. The Morgan fingerprint density at radius 1 is 0.960 bits per heavy atom. The molecule has 0 unspecified atom stereocenters. The second kappa shape index (κ2) is 8.53. The number of anilines is 1. The van der Waals surface area contributed by atoms with Gasteiger partial charge in [-0.2, -0.15) is 0 Å². The van der Waals surface area contributed by atoms with E-state index in [1.165, 1.54) is 12.0 Å². The molecule has 0 N–H and O–H groups in total. The smallest absolute Gasteiger partial charge is 0.227 e. The Labute approximate surface area is 152 Å². The van der Waals surface area contributed by atoms with Crippen LogP contribution in [0.3, 0.4) is 0 Å². The summed E-state index contributed by atoms with van der Waals surface area (Å²) in [5.74, 6) is 0.877. The molecule has 0 saturated carbocycles. The zero-order valence-corrected chi connectivity index (χ0v) is 15.2. The molecular weight excluding hydrogens is 342 g/mol. The van der Waals surface area contributed by atoms with Crippen LogP contribution in [0.4, 0.5) is 5.69 Å². The number of ether oxygens (including phenoxy) is 2. The van der Waals surface area contributed by atoms with Gasteiger partial charge in [0.2, 0.25) is 5.91 Å². The van der Waals surface area contributed by atoms with Crippen LogP contribution >= 0.6 is 11.6 Å². The average Bonchev–Trinajstić information content (AvgIpc) is 2.65. The van der Waals surface area contributed by atoms with E-state index in [-0.39, 0.29) is 24.5 Å². The van der Waals surface area contributed by atoms with Crippen molar-refractivity contribution in [3.63, 3.8) is 0 Å². The second-order valence-corrected chi connectivity index (χ2v) is 5.86. The van der Waals surface area contributed by atoms with E-state index in [9.17, 15) is 9.59 Å². The molecule has 0 fully saturated rings. The molecule has 0 aliphatic heterocycles. The third-order valence-corrected chi connectivity index (χ3v) is 4.11. The molecule has 2 aromatic carbocycles. The predicted molar refractivity (Wildman–Crippen MR) is 98.0 cm³/mol. The lowest BCUT2D eigenvalue weighted by molar-refractivity contribution is -0.118. The first-order valence-corrected chi connectivity index (χ1v) is 8.11. The fraction of sp³-hybridized carbons (Fsp3) is 0.263. The first-order valence-electron chi connectivity index (χ1n) is 7.73. The number of benzene rings is 2. The van der Waals surface area contributed by atoms with Crippen LogP contribution in [-0.2, 0) is 4.79 Å². The van der Waals surface area contributed by atoms with Gasteiger partial charge in [-0.25, -0.2) is 0 Å². The molecule has 25 heavy (non-hydrogen) atoms. The highest BCUT2D eigenvalue weighted by Gasteiger charge is 2.16. The van der Waals surface area contributed by atoms with Crippen LogP contribution < -0.4 is 14.4 Å². The molecule has 0 heterocycles. The van der Waals surface area contributed by atoms with Gasteiger partial charge in [0.05, 0.1) is 14.2 Å². The molecule has 0 radical (unpaired) electrons. The number of carbonyl (C=O) groups excluding carboxylic acids is 2. The Balaban J connectivity index is 2.00. The maximum Gasteiger partial charge on any atom is 0.227 e. The molecule has 6 heteroatoms. The van der Waals surface area contributed by atoms with Gasteiger partial charge >= 0.3 is 0 Å². The van der Waals surface area contributed by atoms with Gasteiger partial charge in [-0.1, -0.05) is 11.6 Å². The number of Topliss-reactive ketones (excluding diaryl/α,β-unsaturated/α-hetero) is 1. The molecule has 0 bridgehead atoms. The zero-order chi connectivity index (χ0) is 18.4. The van der Waals surface area contributed by atoms with E-state index in [4.69, 9.17) is 21.1 Å². The lowest BCUT2D eigenvalue weighted by Gasteiger charge is -2.19. The van der Waals surface area contributed by atoms with E-state index < -0.39 is 0 Å². The van der Waals surface area contributed by atoms with Gasteiger partial charge < -0.3 is 14.4 Å². The summed E-state index contributed by atoms with van der Waals surface area (Å²) in [6, 6.07) is 11.9. The number of rotatable bonds is 7. The van der Waals surface area contributed by atoms with Gasteiger partial charge in [0, 0.05) is 42.2 Å². The summed E-state index contributed by atoms with van der Waals surface area (Å²) in [6.45, 7) is 0. The van der Waals surface area contributed by atoms with Crippen LogP contribution in [0.5, 0.6) is 11.5 Å². The molecule has 0 aromatic heterocycles. The van der Waals surface area contributed by atoms with Gasteiger partial charge in [-0.3, -0.25) is 9.59 Å². The van der Waals surface area contributed by atoms with Crippen molar-refractivity contribution < 1.29 is 19.1 Å². The fourth-order valence-electron chi connectivity index (χ4n) is 2.35. The van der Waals surface area contributed by atoms with Crippen molar-refractivity contribution >= 4 is 29.0 Å². The molecule has 0 saturated heterocycles. The number of amides is 1. The number of halogens is 1. The predicted octanol–water partition coefficient (Wildman–Crippen LogP) is 3.98. The van der Waals surface area contributed by atoms with Crippen molar-refractivity contribution in [2.45, 2.75) is 12.8 Å². The van der Waals surface area contributed by atoms with Gasteiger partial charge in [0.15, 0.2) is 17.3 Å². The van der Waals surface area contributed by atoms with Gasteiger partial charge in [-0.05, 0) is 36.4 Å². The van der Waals surface area contributed by atoms with Crippen LogP contribution in [0.2, 0.25) is 5.02 Å². The summed E-state index contributed by atoms with van der Waals surface area (Å²) < 4.78 is 10.4. The van der Waals surface area contributed by atoms with Crippen LogP contribution in [-0.4, -0.2) is 33.0 Å². The molecule has 0 aliphatic rings. The summed E-state index contributed by atoms with van der Waals surface area (Å²) in [7, 11) is 4.75. The third-order valence-electron chi connectivity index (χ3n) is 3.86. The highest BCUT2D eigenvalue weighted by Crippen LogP contribution is 2.31. The highest BCUT2D eigenvalue weighted by molar-refractivity contribution is 6.30. The van der Waals surface area contributed by atoms with Crippen molar-refractivity contribution in [3.8, 4) is 11.5 Å². The molecule has 1 amide bonds. The van der Waals surface area contributed by atoms with Crippen molar-refractivity contribution in [1.29, 1.82) is 0 Å². The first-order chi connectivity index (χ1) is 12.0. The van der Waals surface area contributed by atoms with Crippen LogP contribution in [0.15, 0.2) is 42.5 Å². The standard InChI is InChI=1S/C19H20ClNO4/c1-21(15-8-10-17(24-2)18(12-15)25-3)19(23)11-9-16(22)13-4-6-14(20)7-5-13/h4-8,10,12H,9,11H2,1-3H3. The summed E-state index contributed by atoms with van der Waals surface area (Å²) in [4.78, 5) is 26.0. The quantitative estimate of drug-likeness (QED) is 0.700. The Morgan fingerprint density at radius 2 is 1.60 bits per heavy atom. The molecule has 2 aromatic rings. The number of nitrogens with zero attached hydrogens (tertiary/aromatic N) is 1. The number of hydrogen-bond acceptors (Lipinski definition) is 4. The SMILES string of the molecule is COc1ccc(N(C)C(=O)CCC(=O)c2ccc(Cl)cc2)cc1OC. The summed E-state index contributed by atoms with van der Waals surface area (Å²) in [6.07, 6.45) is 0.254. The third kappa shape index (κ3) is 4.73. The minimum absolute atomic E-state index is 0.0919. The minimum atomic E-state index is -0.158. The monoisotopic (exact) mass is 361 g/mol. The lowest BCUT2D eigenvalue weighted by atomic mass is 10.1. The maximum absolute atomic E-state index is 12.4. The van der Waals surface area contributed by atoms with Crippen molar-refractivity contribution in [1.82, 2.24) is 0 Å². The van der Waals surface area contributed by atoms with Crippen molar-refractivity contribution in [2.75, 3.05) is 26.2 Å². The Bertz CT molecular complexity index is 759. The van der Waals surface area contributed by atoms with Gasteiger partial charge in [0.25, 0.3) is 0 Å². The number of carbonyl (C=O) groups is 2. The highest BCUT2D eigenvalue weighted by atomic mass is 35.5. The first kappa shape index (κ1) is 18.8. The van der Waals surface area contributed by atoms with E-state index >= 15 is 0 Å². The van der Waals surface area contributed by atoms with Crippen LogP contribution in [0.1, 0.15) is 23.2 Å². The molecule has 5 nitrogen and oxygen atoms in total. The largest absolute Gasteiger partial charge is 0.493 e. The van der Waals surface area contributed by atoms with Crippen molar-refractivity contribution in [3.05, 3.63) is 53.1 Å². The van der Waals surface area contributed by atoms with Gasteiger partial charge in [0.1, 0.15) is 0 Å². The Hall–Kier alpha value is -2.53. The molecular formula is C19H20ClNO4. The van der Waals surface area contributed by atoms with Gasteiger partial charge in [-0.15, -0.1) is 0 Å². The summed E-state index contributed by atoms with van der Waals surface area (Å²) in [5, 5.41) is 0.570. The summed E-state index contributed by atoms with van der Waals surface area (Å²) >= 11 is 5.81. The Morgan fingerprint density at radius 3 is 2.20 bits per heavy atom. The summed E-state index contributed by atoms with van der Waals surface area (Å²) in [5.41, 5.74) is 1.22. The maximum atomic E-state index is 12.4. The number of methoxy groups -OCH3 is 2. The van der Waals surface area contributed by atoms with E-state index in [2.05, 4.69) is 0 Å². The van der Waals surface area contributed by atoms with E-state index in [1.807, 2.05) is 0 Å². The normalized spacial score (nSPS) is 10.2. The molecule has 132 valence electrons. The van der Waals surface area contributed by atoms with Crippen LogP contribution in [0, 0.1) is 0 Å². The minimum Gasteiger partial charge on any atom is -0.493 e. The second-order valence-electron chi connectivity index (χ2n) is 5.42. The van der Waals surface area contributed by atoms with Crippen LogP contribution in [0.25, 0.3) is 0 Å². The van der Waals surface area contributed by atoms with E-state index in [0.717, 1.165) is 0 Å². The van der Waals surface area contributed by atoms with Crippen molar-refractivity contribution in [2.24, 2.45) is 0 Å². The number of hydrogen-bond donors (Lipinski definition) is 0. The van der Waals surface area contributed by atoms with E-state index in [1.54, 1.807) is 56.6 Å². The molecule has 0 aliphatic carbocycles. The zero-order valence-electron chi connectivity index (χ0n) is 14.4. The Kier molecular flexibility index (Phi) is 6.42. The fourth-order valence-corrected chi connectivity index (χ4v) is 2.47. The molecule has 0 spiro atoms. The topological polar surface area (TPSA) is 55.8 Å². The number of ketones is 1. The van der Waals surface area contributed by atoms with E-state index in [0.29, 0.717) is 27.8 Å². The lowest BCUT2D eigenvalue weighted by Crippen LogP contribution is -2.26.